The van der Waals surface area contributed by atoms with E-state index in [2.05, 4.69) is 13.0 Å². The minimum atomic E-state index is -4.16. The summed E-state index contributed by atoms with van der Waals surface area (Å²) in [6.45, 7) is 3.18. The van der Waals surface area contributed by atoms with Crippen LogP contribution in [0.25, 0.3) is 0 Å². The van der Waals surface area contributed by atoms with Gasteiger partial charge in [0.25, 0.3) is 7.82 Å². The number of likely N-dealkylation sites (N-methyl/N-ethyl adjacent to an activating group) is 1. The zero-order valence-electron chi connectivity index (χ0n) is 18.3. The normalized spacial score (nSPS) is 14.7. The molecule has 1 atom stereocenters. The van der Waals surface area contributed by atoms with Crippen molar-refractivity contribution in [3.05, 3.63) is 12.2 Å². The van der Waals surface area contributed by atoms with Crippen molar-refractivity contribution in [2.75, 3.05) is 40.9 Å². The van der Waals surface area contributed by atoms with Crippen molar-refractivity contribution in [2.24, 2.45) is 0 Å². The molecule has 0 saturated heterocycles. The van der Waals surface area contributed by atoms with Crippen LogP contribution in [-0.2, 0) is 13.6 Å². The largest absolute Gasteiger partial charge is 0.756 e. The number of nitrogens with zero attached hydrogens (tertiary/aromatic N) is 1. The van der Waals surface area contributed by atoms with Gasteiger partial charge < -0.3 is 18.4 Å². The van der Waals surface area contributed by atoms with Crippen LogP contribution in [0.4, 0.5) is 0 Å². The predicted molar refractivity (Wildman–Crippen MR) is 113 cm³/mol. The number of hydrogen-bond donors (Lipinski definition) is 0. The molecular formula is C21H44NO4P. The molecule has 0 aromatic rings. The second kappa shape index (κ2) is 16.7. The summed E-state index contributed by atoms with van der Waals surface area (Å²) in [7, 11) is 1.80. The van der Waals surface area contributed by atoms with Crippen molar-refractivity contribution in [1.82, 2.24) is 0 Å². The standard InChI is InChI=1S/C21H44NO4P/c1-5-6-7-8-9-10-11-12-13-14-15-16-17-18-20-25-27(23,24)26-21-19-22(2,3)4/h16-17H,5-15,18-21H2,1-4H3/b17-16-. The minimum Gasteiger partial charge on any atom is -0.756 e. The van der Waals surface area contributed by atoms with Gasteiger partial charge in [-0.2, -0.15) is 0 Å². The number of hydrogen-bond acceptors (Lipinski definition) is 4. The van der Waals surface area contributed by atoms with Gasteiger partial charge in [-0.3, -0.25) is 4.57 Å². The van der Waals surface area contributed by atoms with Crippen LogP contribution < -0.4 is 4.89 Å². The van der Waals surface area contributed by atoms with Crippen LogP contribution in [0.2, 0.25) is 0 Å². The van der Waals surface area contributed by atoms with E-state index in [-0.39, 0.29) is 13.2 Å². The summed E-state index contributed by atoms with van der Waals surface area (Å²) in [5.41, 5.74) is 0. The van der Waals surface area contributed by atoms with E-state index in [1.165, 1.54) is 64.2 Å². The second-order valence-corrected chi connectivity index (χ2v) is 9.77. The molecule has 0 aliphatic carbocycles. The summed E-state index contributed by atoms with van der Waals surface area (Å²) in [5, 5.41) is 0. The first kappa shape index (κ1) is 26.8. The maximum atomic E-state index is 11.6. The third-order valence-electron chi connectivity index (χ3n) is 4.44. The van der Waals surface area contributed by atoms with Crippen molar-refractivity contribution in [2.45, 2.75) is 84.0 Å². The number of unbranched alkanes of at least 4 members (excludes halogenated alkanes) is 10. The molecule has 0 spiro atoms. The number of rotatable bonds is 19. The van der Waals surface area contributed by atoms with Crippen LogP contribution in [0.5, 0.6) is 0 Å². The highest BCUT2D eigenvalue weighted by Gasteiger charge is 2.12. The van der Waals surface area contributed by atoms with E-state index in [1.54, 1.807) is 0 Å². The van der Waals surface area contributed by atoms with Crippen LogP contribution in [-0.4, -0.2) is 45.4 Å². The Morgan fingerprint density at radius 3 is 1.81 bits per heavy atom. The molecule has 0 bridgehead atoms. The summed E-state index contributed by atoms with van der Waals surface area (Å²) < 4.78 is 22.0. The Bertz CT molecular complexity index is 407. The van der Waals surface area contributed by atoms with Gasteiger partial charge in [-0.15, -0.1) is 0 Å². The van der Waals surface area contributed by atoms with Gasteiger partial charge in [-0.1, -0.05) is 76.9 Å². The van der Waals surface area contributed by atoms with E-state index in [1.807, 2.05) is 27.2 Å². The molecule has 0 radical (unpaired) electrons. The van der Waals surface area contributed by atoms with Crippen LogP contribution >= 0.6 is 7.82 Å². The van der Waals surface area contributed by atoms with Gasteiger partial charge in [-0.05, 0) is 19.3 Å². The molecule has 0 aromatic carbocycles. The molecule has 162 valence electrons. The molecule has 0 fully saturated rings. The molecule has 0 aromatic heterocycles. The van der Waals surface area contributed by atoms with Gasteiger partial charge in [-0.25, -0.2) is 0 Å². The van der Waals surface area contributed by atoms with Crippen molar-refractivity contribution < 1.29 is 23.0 Å². The van der Waals surface area contributed by atoms with Crippen LogP contribution in [0.15, 0.2) is 12.2 Å². The summed E-state index contributed by atoms with van der Waals surface area (Å²) in [4.78, 5) is 11.6. The Morgan fingerprint density at radius 1 is 0.778 bits per heavy atom. The summed E-state index contributed by atoms with van der Waals surface area (Å²) in [6, 6.07) is 0. The van der Waals surface area contributed by atoms with Gasteiger partial charge >= 0.3 is 0 Å². The zero-order valence-corrected chi connectivity index (χ0v) is 19.2. The highest BCUT2D eigenvalue weighted by Crippen LogP contribution is 2.38. The molecule has 0 amide bonds. The first-order chi connectivity index (χ1) is 12.8. The molecule has 0 saturated carbocycles. The van der Waals surface area contributed by atoms with Crippen molar-refractivity contribution in [3.63, 3.8) is 0 Å². The first-order valence-electron chi connectivity index (χ1n) is 10.8. The van der Waals surface area contributed by atoms with E-state index in [0.29, 0.717) is 17.4 Å². The molecule has 27 heavy (non-hydrogen) atoms. The van der Waals surface area contributed by atoms with Crippen molar-refractivity contribution >= 4 is 7.82 Å². The predicted octanol–water partition coefficient (Wildman–Crippen LogP) is 5.45. The summed E-state index contributed by atoms with van der Waals surface area (Å²) in [5.74, 6) is 0. The average Bonchev–Trinajstić information content (AvgIpc) is 2.57. The highest BCUT2D eigenvalue weighted by molar-refractivity contribution is 7.45. The minimum absolute atomic E-state index is 0.152. The third-order valence-corrected chi connectivity index (χ3v) is 5.43. The highest BCUT2D eigenvalue weighted by atomic mass is 31.2. The number of phosphoric acid groups is 1. The molecule has 0 rings (SSSR count). The summed E-state index contributed by atoms with van der Waals surface area (Å²) in [6.07, 6.45) is 19.2. The Labute approximate surface area is 168 Å². The molecule has 0 heterocycles. The van der Waals surface area contributed by atoms with E-state index >= 15 is 0 Å². The maximum absolute atomic E-state index is 11.6. The van der Waals surface area contributed by atoms with Gasteiger partial charge in [0.2, 0.25) is 0 Å². The molecule has 6 heteroatoms. The fraction of sp³-hybridized carbons (Fsp3) is 0.905. The van der Waals surface area contributed by atoms with Gasteiger partial charge in [0.15, 0.2) is 0 Å². The lowest BCUT2D eigenvalue weighted by atomic mass is 10.1. The quantitative estimate of drug-likeness (QED) is 0.124. The summed E-state index contributed by atoms with van der Waals surface area (Å²) >= 11 is 0. The second-order valence-electron chi connectivity index (χ2n) is 8.36. The molecular weight excluding hydrogens is 361 g/mol. The van der Waals surface area contributed by atoms with Crippen LogP contribution in [0.3, 0.4) is 0 Å². The number of allylic oxidation sites excluding steroid dienone is 1. The molecule has 0 aliphatic heterocycles. The average molecular weight is 406 g/mol. The zero-order chi connectivity index (χ0) is 20.4. The first-order valence-corrected chi connectivity index (χ1v) is 12.3. The van der Waals surface area contributed by atoms with E-state index < -0.39 is 7.82 Å². The smallest absolute Gasteiger partial charge is 0.268 e. The molecule has 5 nitrogen and oxygen atoms in total. The third kappa shape index (κ3) is 22.0. The lowest BCUT2D eigenvalue weighted by molar-refractivity contribution is -0.870. The van der Waals surface area contributed by atoms with Crippen molar-refractivity contribution in [3.8, 4) is 0 Å². The number of quaternary nitrogens is 1. The van der Waals surface area contributed by atoms with Gasteiger partial charge in [0.1, 0.15) is 13.2 Å². The molecule has 0 aliphatic rings. The van der Waals surface area contributed by atoms with Gasteiger partial charge in [0, 0.05) is 0 Å². The maximum Gasteiger partial charge on any atom is 0.268 e. The lowest BCUT2D eigenvalue weighted by Gasteiger charge is -2.27. The fourth-order valence-electron chi connectivity index (χ4n) is 2.68. The monoisotopic (exact) mass is 405 g/mol. The fourth-order valence-corrected chi connectivity index (χ4v) is 3.39. The van der Waals surface area contributed by atoms with E-state index in [0.717, 1.165) is 6.42 Å². The Morgan fingerprint density at radius 2 is 1.26 bits per heavy atom. The lowest BCUT2D eigenvalue weighted by Crippen LogP contribution is -2.37. The van der Waals surface area contributed by atoms with Crippen LogP contribution in [0.1, 0.15) is 84.0 Å². The molecule has 0 N–H and O–H groups in total. The SMILES string of the molecule is CCCCCCCCCCCC/C=C\CCOP(=O)([O-])OCC[N+](C)(C)C. The number of phosphoric ester groups is 1. The Balaban J connectivity index is 3.43. The Kier molecular flexibility index (Phi) is 16.6. The Hall–Kier alpha value is -0.190. The topological polar surface area (TPSA) is 58.6 Å². The van der Waals surface area contributed by atoms with Crippen LogP contribution in [0, 0.1) is 0 Å². The van der Waals surface area contributed by atoms with Crippen molar-refractivity contribution in [1.29, 1.82) is 0 Å². The van der Waals surface area contributed by atoms with E-state index in [4.69, 9.17) is 9.05 Å². The van der Waals surface area contributed by atoms with Gasteiger partial charge in [0.05, 0.1) is 27.7 Å². The molecule has 1 unspecified atom stereocenters. The van der Waals surface area contributed by atoms with E-state index in [9.17, 15) is 9.46 Å².